The maximum absolute atomic E-state index is 11.2. The third-order valence-corrected chi connectivity index (χ3v) is 4.64. The zero-order valence-corrected chi connectivity index (χ0v) is 11.5. The zero-order valence-electron chi connectivity index (χ0n) is 9.79. The smallest absolute Gasteiger partial charge is 0.313 e. The normalized spacial score (nSPS) is 17.3. The summed E-state index contributed by atoms with van der Waals surface area (Å²) in [4.78, 5) is 9.14. The van der Waals surface area contributed by atoms with Gasteiger partial charge in [-0.05, 0) is 12.8 Å². The first-order valence-electron chi connectivity index (χ1n) is 5.56. The fraction of sp³-hybridized carbons (Fsp3) is 1.00. The molecule has 2 atom stereocenters. The van der Waals surface area contributed by atoms with Crippen molar-refractivity contribution in [2.45, 2.75) is 58.5 Å². The van der Waals surface area contributed by atoms with E-state index < -0.39 is 23.6 Å². The largest absolute Gasteiger partial charge is 0.442 e. The second-order valence-corrected chi connectivity index (χ2v) is 7.64. The van der Waals surface area contributed by atoms with Crippen molar-refractivity contribution < 1.29 is 22.7 Å². The Morgan fingerprint density at radius 1 is 1.25 bits per heavy atom. The van der Waals surface area contributed by atoms with Gasteiger partial charge in [-0.3, -0.25) is 9.08 Å². The quantitative estimate of drug-likeness (QED) is 0.497. The highest BCUT2D eigenvalue weighted by Gasteiger charge is 2.31. The van der Waals surface area contributed by atoms with Gasteiger partial charge in [-0.2, -0.15) is 0 Å². The summed E-state index contributed by atoms with van der Waals surface area (Å²) >= 11 is 0. The van der Waals surface area contributed by atoms with Crippen molar-refractivity contribution in [2.24, 2.45) is 0 Å². The van der Waals surface area contributed by atoms with E-state index in [4.69, 9.17) is 14.0 Å². The second-order valence-electron chi connectivity index (χ2n) is 3.71. The molecule has 0 saturated heterocycles. The highest BCUT2D eigenvalue weighted by atomic mass is 32.8. The minimum atomic E-state index is -4.37. The molecule has 0 heterocycles. The molecule has 16 heavy (non-hydrogen) atoms. The number of hydrogen-bond donors (Lipinski definition) is 2. The van der Waals surface area contributed by atoms with E-state index in [1.807, 2.05) is 13.8 Å². The summed E-state index contributed by atoms with van der Waals surface area (Å²) in [5.41, 5.74) is 0. The van der Waals surface area contributed by atoms with E-state index in [1.165, 1.54) is 0 Å². The Bertz CT molecular complexity index is 250. The first-order valence-corrected chi connectivity index (χ1v) is 8.85. The highest BCUT2D eigenvalue weighted by molar-refractivity contribution is 8.42. The standard InChI is InChI=1S/C9H21O5PS/c1-3-5-7-9(8-6-4-2)14-15(10,11)16(12)13/h9H,3-8H2,1-2H3,(H,10,11)(H,12,13). The summed E-state index contributed by atoms with van der Waals surface area (Å²) in [6.45, 7) is -0.346. The Morgan fingerprint density at radius 3 is 2.00 bits per heavy atom. The number of unbranched alkanes of at least 4 members (excludes halogenated alkanes) is 2. The van der Waals surface area contributed by atoms with E-state index in [0.29, 0.717) is 12.8 Å². The van der Waals surface area contributed by atoms with Crippen LogP contribution in [-0.2, 0) is 19.8 Å². The molecule has 0 fully saturated rings. The van der Waals surface area contributed by atoms with Crippen LogP contribution in [0.1, 0.15) is 52.4 Å². The van der Waals surface area contributed by atoms with Crippen LogP contribution >= 0.6 is 6.80 Å². The molecule has 98 valence electrons. The fourth-order valence-corrected chi connectivity index (χ4v) is 2.59. The molecule has 2 unspecified atom stereocenters. The third kappa shape index (κ3) is 6.76. The summed E-state index contributed by atoms with van der Waals surface area (Å²) in [7, 11) is -2.82. The van der Waals surface area contributed by atoms with Crippen molar-refractivity contribution in [1.82, 2.24) is 0 Å². The summed E-state index contributed by atoms with van der Waals surface area (Å²) < 4.78 is 35.3. The lowest BCUT2D eigenvalue weighted by Crippen LogP contribution is -2.12. The Kier molecular flexibility index (Phi) is 8.50. The van der Waals surface area contributed by atoms with Crippen molar-refractivity contribution in [1.29, 1.82) is 0 Å². The molecule has 0 amide bonds. The Morgan fingerprint density at radius 2 is 1.69 bits per heavy atom. The van der Waals surface area contributed by atoms with Crippen molar-refractivity contribution >= 4 is 17.5 Å². The van der Waals surface area contributed by atoms with Crippen molar-refractivity contribution in [3.8, 4) is 0 Å². The summed E-state index contributed by atoms with van der Waals surface area (Å²) in [6.07, 6.45) is 4.59. The van der Waals surface area contributed by atoms with Crippen LogP contribution in [-0.4, -0.2) is 19.8 Å². The maximum atomic E-state index is 11.2. The van der Waals surface area contributed by atoms with Gasteiger partial charge in [-0.1, -0.05) is 39.5 Å². The summed E-state index contributed by atoms with van der Waals surface area (Å²) in [6, 6.07) is 0. The van der Waals surface area contributed by atoms with Gasteiger partial charge < -0.3 is 4.89 Å². The van der Waals surface area contributed by atoms with Crippen LogP contribution in [0.15, 0.2) is 0 Å². The maximum Gasteiger partial charge on any atom is 0.442 e. The molecule has 0 aromatic heterocycles. The molecule has 0 saturated carbocycles. The Labute approximate surface area is 99.2 Å². The molecule has 2 N–H and O–H groups in total. The lowest BCUT2D eigenvalue weighted by Gasteiger charge is -2.18. The lowest BCUT2D eigenvalue weighted by atomic mass is 10.1. The molecule has 0 rings (SSSR count). The average Bonchev–Trinajstić information content (AvgIpc) is 2.21. The monoisotopic (exact) mass is 272 g/mol. The molecule has 0 spiro atoms. The van der Waals surface area contributed by atoms with E-state index in [-0.39, 0.29) is 0 Å². The van der Waals surface area contributed by atoms with Gasteiger partial charge >= 0.3 is 6.80 Å². The van der Waals surface area contributed by atoms with Gasteiger partial charge in [0.1, 0.15) is 0 Å². The van der Waals surface area contributed by atoms with Gasteiger partial charge in [0.25, 0.3) is 10.7 Å². The van der Waals surface area contributed by atoms with Gasteiger partial charge in [-0.25, -0.2) is 8.77 Å². The number of rotatable bonds is 9. The predicted molar refractivity (Wildman–Crippen MR) is 64.5 cm³/mol. The van der Waals surface area contributed by atoms with E-state index in [1.54, 1.807) is 0 Å². The molecule has 5 nitrogen and oxygen atoms in total. The van der Waals surface area contributed by atoms with E-state index in [9.17, 15) is 8.77 Å². The van der Waals surface area contributed by atoms with Crippen LogP contribution < -0.4 is 0 Å². The molecule has 0 aliphatic rings. The van der Waals surface area contributed by atoms with Crippen molar-refractivity contribution in [3.05, 3.63) is 0 Å². The topological polar surface area (TPSA) is 83.8 Å². The van der Waals surface area contributed by atoms with Gasteiger partial charge in [0.05, 0.1) is 6.10 Å². The molecule has 7 heteroatoms. The third-order valence-electron chi connectivity index (χ3n) is 2.24. The summed E-state index contributed by atoms with van der Waals surface area (Å²) in [5.74, 6) is 0. The SMILES string of the molecule is CCCCC(CCCC)OP(=O)(O)S(=O)O. The molecular formula is C9H21O5PS. The summed E-state index contributed by atoms with van der Waals surface area (Å²) in [5, 5.41) is 0. The minimum absolute atomic E-state index is 0.396. The van der Waals surface area contributed by atoms with Crippen LogP contribution in [0.2, 0.25) is 0 Å². The first-order chi connectivity index (χ1) is 7.44. The van der Waals surface area contributed by atoms with E-state index in [0.717, 1.165) is 25.7 Å². The van der Waals surface area contributed by atoms with Gasteiger partial charge in [0, 0.05) is 0 Å². The average molecular weight is 272 g/mol. The molecule has 0 radical (unpaired) electrons. The molecule has 0 aliphatic carbocycles. The van der Waals surface area contributed by atoms with Crippen molar-refractivity contribution in [3.63, 3.8) is 0 Å². The zero-order chi connectivity index (χ0) is 12.6. The molecule has 0 aromatic rings. The fourth-order valence-electron chi connectivity index (χ4n) is 1.34. The highest BCUT2D eigenvalue weighted by Crippen LogP contribution is 2.47. The van der Waals surface area contributed by atoms with Gasteiger partial charge in [0.15, 0.2) is 0 Å². The Hall–Kier alpha value is 0.260. The van der Waals surface area contributed by atoms with Crippen LogP contribution in [0.25, 0.3) is 0 Å². The predicted octanol–water partition coefficient (Wildman–Crippen LogP) is 3.07. The van der Waals surface area contributed by atoms with Crippen LogP contribution in [0, 0.1) is 0 Å². The first kappa shape index (κ1) is 16.3. The molecule has 0 bridgehead atoms. The van der Waals surface area contributed by atoms with Crippen LogP contribution in [0.5, 0.6) is 0 Å². The van der Waals surface area contributed by atoms with Gasteiger partial charge in [0.2, 0.25) is 0 Å². The van der Waals surface area contributed by atoms with Crippen LogP contribution in [0.4, 0.5) is 0 Å². The minimum Gasteiger partial charge on any atom is -0.313 e. The number of hydrogen-bond acceptors (Lipinski definition) is 3. The molecule has 0 aromatic carbocycles. The van der Waals surface area contributed by atoms with E-state index in [2.05, 4.69) is 0 Å². The lowest BCUT2D eigenvalue weighted by molar-refractivity contribution is 0.159. The van der Waals surface area contributed by atoms with Crippen molar-refractivity contribution in [2.75, 3.05) is 0 Å². The molecular weight excluding hydrogens is 251 g/mol. The second kappa shape index (κ2) is 8.37. The van der Waals surface area contributed by atoms with Crippen LogP contribution in [0.3, 0.4) is 0 Å². The molecule has 0 aliphatic heterocycles. The Balaban J connectivity index is 4.28. The van der Waals surface area contributed by atoms with E-state index >= 15 is 0 Å². The van der Waals surface area contributed by atoms with Gasteiger partial charge in [-0.15, -0.1) is 0 Å².